The average Bonchev–Trinajstić information content (AvgIpc) is 3.03. The minimum atomic E-state index is -3.49. The summed E-state index contributed by atoms with van der Waals surface area (Å²) < 4.78 is 32.3. The molecule has 2 aromatic rings. The highest BCUT2D eigenvalue weighted by Gasteiger charge is 2.24. The number of hydrogen-bond donors (Lipinski definition) is 1. The van der Waals surface area contributed by atoms with Crippen molar-refractivity contribution in [1.82, 2.24) is 4.31 Å². The van der Waals surface area contributed by atoms with Crippen LogP contribution in [-0.4, -0.2) is 38.8 Å². The number of anilines is 1. The van der Waals surface area contributed by atoms with Crippen molar-refractivity contribution in [1.29, 1.82) is 0 Å². The first-order valence-electron chi connectivity index (χ1n) is 9.72. The van der Waals surface area contributed by atoms with Gasteiger partial charge in [-0.15, -0.1) is 0 Å². The van der Waals surface area contributed by atoms with Gasteiger partial charge in [-0.1, -0.05) is 25.0 Å². The topological polar surface area (TPSA) is 75.7 Å². The van der Waals surface area contributed by atoms with Crippen molar-refractivity contribution >= 4 is 27.7 Å². The zero-order valence-electron chi connectivity index (χ0n) is 16.5. The van der Waals surface area contributed by atoms with Crippen LogP contribution >= 0.6 is 0 Å². The summed E-state index contributed by atoms with van der Waals surface area (Å²) in [6.07, 6.45) is 7.05. The molecule has 0 unspecified atom stereocenters. The Morgan fingerprint density at radius 3 is 2.38 bits per heavy atom. The van der Waals surface area contributed by atoms with Crippen LogP contribution in [0.2, 0.25) is 0 Å². The number of ether oxygens (including phenoxy) is 1. The third-order valence-corrected chi connectivity index (χ3v) is 6.76. The molecule has 1 N–H and O–H groups in total. The maximum absolute atomic E-state index is 12.8. The summed E-state index contributed by atoms with van der Waals surface area (Å²) in [5.74, 6) is 0.421. The van der Waals surface area contributed by atoms with Crippen LogP contribution in [0.15, 0.2) is 59.5 Å². The van der Waals surface area contributed by atoms with Crippen LogP contribution in [0, 0.1) is 0 Å². The van der Waals surface area contributed by atoms with E-state index in [4.69, 9.17) is 4.74 Å². The van der Waals surface area contributed by atoms with Gasteiger partial charge < -0.3 is 10.1 Å². The number of benzene rings is 2. The number of carbonyl (C=O) groups excluding carboxylic acids is 1. The molecule has 3 rings (SSSR count). The number of amides is 1. The molecule has 0 radical (unpaired) electrons. The number of rotatable bonds is 6. The van der Waals surface area contributed by atoms with Gasteiger partial charge in [-0.3, -0.25) is 4.79 Å². The molecular weight excluding hydrogens is 388 g/mol. The molecule has 0 bridgehead atoms. The van der Waals surface area contributed by atoms with Gasteiger partial charge in [0, 0.05) is 24.9 Å². The molecule has 29 heavy (non-hydrogen) atoms. The second-order valence-corrected chi connectivity index (χ2v) is 8.88. The minimum absolute atomic E-state index is 0.254. The van der Waals surface area contributed by atoms with Crippen LogP contribution in [0.1, 0.15) is 31.2 Å². The fourth-order valence-corrected chi connectivity index (χ4v) is 4.76. The smallest absolute Gasteiger partial charge is 0.248 e. The van der Waals surface area contributed by atoms with E-state index < -0.39 is 10.0 Å². The first-order valence-corrected chi connectivity index (χ1v) is 11.2. The van der Waals surface area contributed by atoms with Gasteiger partial charge in [-0.2, -0.15) is 4.31 Å². The maximum atomic E-state index is 12.8. The number of sulfonamides is 1. The summed E-state index contributed by atoms with van der Waals surface area (Å²) in [5.41, 5.74) is 1.39. The fourth-order valence-electron chi connectivity index (χ4n) is 3.24. The Morgan fingerprint density at radius 1 is 1.03 bits per heavy atom. The Balaban J connectivity index is 1.63. The minimum Gasteiger partial charge on any atom is -0.497 e. The van der Waals surface area contributed by atoms with E-state index in [9.17, 15) is 13.2 Å². The third kappa shape index (κ3) is 5.68. The number of carbonyl (C=O) groups is 1. The normalized spacial score (nSPS) is 15.8. The summed E-state index contributed by atoms with van der Waals surface area (Å²) in [6, 6.07) is 13.7. The van der Waals surface area contributed by atoms with Gasteiger partial charge in [-0.25, -0.2) is 8.42 Å². The standard InChI is InChI=1S/C22H26N2O4S/c1-28-20-8-6-7-18(17-20)9-14-22(25)23-19-10-12-21(13-11-19)29(26,27)24-15-4-2-3-5-16-24/h6-14,17H,2-5,15-16H2,1H3,(H,23,25). The van der Waals surface area contributed by atoms with Crippen molar-refractivity contribution in [2.75, 3.05) is 25.5 Å². The second-order valence-electron chi connectivity index (χ2n) is 6.94. The van der Waals surface area contributed by atoms with E-state index in [1.54, 1.807) is 41.8 Å². The van der Waals surface area contributed by atoms with Crippen molar-refractivity contribution in [2.45, 2.75) is 30.6 Å². The van der Waals surface area contributed by atoms with E-state index in [0.717, 1.165) is 31.2 Å². The lowest BCUT2D eigenvalue weighted by Gasteiger charge is -2.20. The molecule has 0 aliphatic carbocycles. The summed E-state index contributed by atoms with van der Waals surface area (Å²) in [6.45, 7) is 1.13. The van der Waals surface area contributed by atoms with Gasteiger partial charge >= 0.3 is 0 Å². The molecule has 1 fully saturated rings. The molecule has 154 valence electrons. The van der Waals surface area contributed by atoms with Crippen LogP contribution in [0.5, 0.6) is 5.75 Å². The second kappa shape index (κ2) is 9.71. The van der Waals surface area contributed by atoms with Gasteiger partial charge in [0.1, 0.15) is 5.75 Å². The van der Waals surface area contributed by atoms with Crippen LogP contribution in [0.4, 0.5) is 5.69 Å². The van der Waals surface area contributed by atoms with Crippen LogP contribution in [0.25, 0.3) is 6.08 Å². The van der Waals surface area contributed by atoms with Gasteiger partial charge in [-0.05, 0) is 60.9 Å². The van der Waals surface area contributed by atoms with Crippen molar-refractivity contribution < 1.29 is 17.9 Å². The number of hydrogen-bond acceptors (Lipinski definition) is 4. The number of nitrogens with one attached hydrogen (secondary N) is 1. The molecule has 1 aliphatic rings. The molecule has 0 saturated carbocycles. The SMILES string of the molecule is COc1cccc(C=CC(=O)Nc2ccc(S(=O)(=O)N3CCCCCC3)cc2)c1. The van der Waals surface area contributed by atoms with Gasteiger partial charge in [0.25, 0.3) is 0 Å². The van der Waals surface area contributed by atoms with Crippen molar-refractivity contribution in [3.05, 3.63) is 60.2 Å². The lowest BCUT2D eigenvalue weighted by molar-refractivity contribution is -0.111. The number of methoxy groups -OCH3 is 1. The molecule has 1 saturated heterocycles. The van der Waals surface area contributed by atoms with E-state index in [1.807, 2.05) is 24.3 Å². The fraction of sp³-hybridized carbons (Fsp3) is 0.318. The predicted molar refractivity (Wildman–Crippen MR) is 114 cm³/mol. The van der Waals surface area contributed by atoms with Gasteiger partial charge in [0.05, 0.1) is 12.0 Å². The quantitative estimate of drug-likeness (QED) is 0.727. The first kappa shape index (κ1) is 21.1. The van der Waals surface area contributed by atoms with E-state index in [1.165, 1.54) is 6.08 Å². The molecule has 1 aliphatic heterocycles. The maximum Gasteiger partial charge on any atom is 0.248 e. The molecular formula is C22H26N2O4S. The lowest BCUT2D eigenvalue weighted by Crippen LogP contribution is -2.31. The molecule has 0 aromatic heterocycles. The Kier molecular flexibility index (Phi) is 7.06. The van der Waals surface area contributed by atoms with E-state index >= 15 is 0 Å². The third-order valence-electron chi connectivity index (χ3n) is 4.85. The van der Waals surface area contributed by atoms with E-state index in [0.29, 0.717) is 24.5 Å². The molecule has 6 nitrogen and oxygen atoms in total. The molecule has 1 heterocycles. The predicted octanol–water partition coefficient (Wildman–Crippen LogP) is 3.91. The summed E-state index contributed by atoms with van der Waals surface area (Å²) in [5, 5.41) is 2.74. The van der Waals surface area contributed by atoms with Crippen LogP contribution in [-0.2, 0) is 14.8 Å². The molecule has 7 heteroatoms. The summed E-state index contributed by atoms with van der Waals surface area (Å²) in [7, 11) is -1.90. The highest BCUT2D eigenvalue weighted by atomic mass is 32.2. The first-order chi connectivity index (χ1) is 14.0. The zero-order chi connectivity index (χ0) is 20.7. The van der Waals surface area contributed by atoms with E-state index in [2.05, 4.69) is 5.32 Å². The number of nitrogens with zero attached hydrogens (tertiary/aromatic N) is 1. The highest BCUT2D eigenvalue weighted by molar-refractivity contribution is 7.89. The zero-order valence-corrected chi connectivity index (χ0v) is 17.3. The summed E-state index contributed by atoms with van der Waals surface area (Å²) >= 11 is 0. The molecule has 0 atom stereocenters. The largest absolute Gasteiger partial charge is 0.497 e. The van der Waals surface area contributed by atoms with Gasteiger partial charge in [0.2, 0.25) is 15.9 Å². The Morgan fingerprint density at radius 2 is 1.72 bits per heavy atom. The van der Waals surface area contributed by atoms with E-state index in [-0.39, 0.29) is 10.8 Å². The Bertz CT molecular complexity index is 961. The Hall–Kier alpha value is -2.64. The van der Waals surface area contributed by atoms with Crippen molar-refractivity contribution in [2.24, 2.45) is 0 Å². The molecule has 2 aromatic carbocycles. The average molecular weight is 415 g/mol. The monoisotopic (exact) mass is 414 g/mol. The summed E-state index contributed by atoms with van der Waals surface area (Å²) in [4.78, 5) is 12.4. The van der Waals surface area contributed by atoms with Crippen LogP contribution in [0.3, 0.4) is 0 Å². The van der Waals surface area contributed by atoms with Crippen molar-refractivity contribution in [3.8, 4) is 5.75 Å². The lowest BCUT2D eigenvalue weighted by atomic mass is 10.2. The Labute approximate surface area is 172 Å². The van der Waals surface area contributed by atoms with Crippen molar-refractivity contribution in [3.63, 3.8) is 0 Å². The highest BCUT2D eigenvalue weighted by Crippen LogP contribution is 2.22. The molecule has 0 spiro atoms. The van der Waals surface area contributed by atoms with Gasteiger partial charge in [0.15, 0.2) is 0 Å². The molecule has 1 amide bonds. The van der Waals surface area contributed by atoms with Crippen LogP contribution < -0.4 is 10.1 Å².